The zero-order valence-electron chi connectivity index (χ0n) is 12.4. The van der Waals surface area contributed by atoms with Crippen molar-refractivity contribution < 1.29 is 9.90 Å². The summed E-state index contributed by atoms with van der Waals surface area (Å²) < 4.78 is 0. The summed E-state index contributed by atoms with van der Waals surface area (Å²) in [6, 6.07) is 0.358. The van der Waals surface area contributed by atoms with Gasteiger partial charge in [0, 0.05) is 32.1 Å². The van der Waals surface area contributed by atoms with Crippen LogP contribution in [0.2, 0.25) is 0 Å². The van der Waals surface area contributed by atoms with Gasteiger partial charge in [0.1, 0.15) is 0 Å². The van der Waals surface area contributed by atoms with Crippen LogP contribution >= 0.6 is 0 Å². The van der Waals surface area contributed by atoms with E-state index in [0.717, 1.165) is 6.54 Å². The van der Waals surface area contributed by atoms with Crippen LogP contribution in [-0.4, -0.2) is 47.7 Å². The Labute approximate surface area is 111 Å². The van der Waals surface area contributed by atoms with Crippen molar-refractivity contribution in [1.82, 2.24) is 10.2 Å². The Hall–Kier alpha value is -0.610. The number of nitrogens with one attached hydrogen (secondary N) is 1. The fraction of sp³-hybridized carbons (Fsp3) is 0.929. The van der Waals surface area contributed by atoms with Gasteiger partial charge in [0.25, 0.3) is 0 Å². The summed E-state index contributed by atoms with van der Waals surface area (Å²) >= 11 is 0. The summed E-state index contributed by atoms with van der Waals surface area (Å²) in [5.74, 6) is 0.578. The Morgan fingerprint density at radius 1 is 1.44 bits per heavy atom. The highest BCUT2D eigenvalue weighted by Gasteiger charge is 2.37. The van der Waals surface area contributed by atoms with Gasteiger partial charge < -0.3 is 15.3 Å². The molecule has 2 atom stereocenters. The molecule has 0 spiro atoms. The minimum Gasteiger partial charge on any atom is -0.390 e. The molecule has 0 saturated carbocycles. The predicted molar refractivity (Wildman–Crippen MR) is 73.3 cm³/mol. The predicted octanol–water partition coefficient (Wildman–Crippen LogP) is 1.24. The molecule has 2 unspecified atom stereocenters. The first-order chi connectivity index (χ1) is 8.20. The van der Waals surface area contributed by atoms with Gasteiger partial charge in [-0.3, -0.25) is 4.79 Å². The standard InChI is InChI=1S/C14H28N2O2/c1-10(2)15-7-12(17)9-16-8-11(6-13(16)18)14(3,4)5/h10-12,15,17H,6-9H2,1-5H3. The summed E-state index contributed by atoms with van der Waals surface area (Å²) in [6.45, 7) is 12.4. The lowest BCUT2D eigenvalue weighted by molar-refractivity contribution is -0.128. The molecule has 0 aromatic carbocycles. The number of aliphatic hydroxyl groups excluding tert-OH is 1. The van der Waals surface area contributed by atoms with Gasteiger partial charge in [0.15, 0.2) is 0 Å². The number of aliphatic hydroxyl groups is 1. The van der Waals surface area contributed by atoms with Crippen LogP contribution in [0.1, 0.15) is 41.0 Å². The number of hydrogen-bond donors (Lipinski definition) is 2. The minimum atomic E-state index is -0.477. The highest BCUT2D eigenvalue weighted by atomic mass is 16.3. The molecule has 0 bridgehead atoms. The summed E-state index contributed by atoms with van der Waals surface area (Å²) in [5.41, 5.74) is 0.158. The maximum atomic E-state index is 11.9. The van der Waals surface area contributed by atoms with Gasteiger partial charge in [-0.05, 0) is 11.3 Å². The number of likely N-dealkylation sites (tertiary alicyclic amines) is 1. The van der Waals surface area contributed by atoms with Gasteiger partial charge in [-0.2, -0.15) is 0 Å². The van der Waals surface area contributed by atoms with E-state index in [1.807, 2.05) is 18.7 Å². The second kappa shape index (κ2) is 6.02. The molecule has 2 N–H and O–H groups in total. The zero-order chi connectivity index (χ0) is 13.9. The molecule has 1 saturated heterocycles. The molecule has 1 aliphatic heterocycles. The van der Waals surface area contributed by atoms with E-state index in [0.29, 0.717) is 31.5 Å². The molecule has 4 heteroatoms. The fourth-order valence-corrected chi connectivity index (χ4v) is 2.22. The summed E-state index contributed by atoms with van der Waals surface area (Å²) in [5, 5.41) is 13.1. The molecule has 0 aliphatic carbocycles. The Morgan fingerprint density at radius 2 is 2.06 bits per heavy atom. The topological polar surface area (TPSA) is 52.6 Å². The maximum Gasteiger partial charge on any atom is 0.223 e. The molecule has 18 heavy (non-hydrogen) atoms. The van der Waals surface area contributed by atoms with Crippen LogP contribution in [0.4, 0.5) is 0 Å². The van der Waals surface area contributed by atoms with Crippen LogP contribution in [-0.2, 0) is 4.79 Å². The average Bonchev–Trinajstić information content (AvgIpc) is 2.57. The van der Waals surface area contributed by atoms with Crippen LogP contribution < -0.4 is 5.32 Å². The number of carbonyl (C=O) groups is 1. The Morgan fingerprint density at radius 3 is 2.50 bits per heavy atom. The second-order valence-electron chi connectivity index (χ2n) is 6.78. The van der Waals surface area contributed by atoms with Crippen LogP contribution in [0, 0.1) is 11.3 Å². The van der Waals surface area contributed by atoms with Crippen LogP contribution in [0.5, 0.6) is 0 Å². The van der Waals surface area contributed by atoms with Crippen molar-refractivity contribution in [3.63, 3.8) is 0 Å². The summed E-state index contributed by atoms with van der Waals surface area (Å²) in [6.07, 6.45) is 0.142. The molecule has 0 aromatic rings. The molecule has 1 rings (SSSR count). The van der Waals surface area contributed by atoms with E-state index in [9.17, 15) is 9.90 Å². The molecule has 4 nitrogen and oxygen atoms in total. The lowest BCUT2D eigenvalue weighted by Gasteiger charge is -2.27. The van der Waals surface area contributed by atoms with Gasteiger partial charge in [0.05, 0.1) is 6.10 Å². The third kappa shape index (κ3) is 4.58. The minimum absolute atomic E-state index is 0.158. The van der Waals surface area contributed by atoms with Crippen molar-refractivity contribution >= 4 is 5.91 Å². The monoisotopic (exact) mass is 256 g/mol. The molecule has 1 aliphatic rings. The molecule has 1 heterocycles. The number of β-amino-alcohol motifs (C(OH)–C–C–N with tert-alkyl or cyclic N) is 1. The van der Waals surface area contributed by atoms with Gasteiger partial charge >= 0.3 is 0 Å². The van der Waals surface area contributed by atoms with Crippen molar-refractivity contribution in [1.29, 1.82) is 0 Å². The first kappa shape index (κ1) is 15.4. The largest absolute Gasteiger partial charge is 0.390 e. The maximum absolute atomic E-state index is 11.9. The average molecular weight is 256 g/mol. The van der Waals surface area contributed by atoms with Gasteiger partial charge in [-0.15, -0.1) is 0 Å². The third-order valence-electron chi connectivity index (χ3n) is 3.63. The smallest absolute Gasteiger partial charge is 0.223 e. The lowest BCUT2D eigenvalue weighted by atomic mass is 9.80. The number of nitrogens with zero attached hydrogens (tertiary/aromatic N) is 1. The normalized spacial score (nSPS) is 22.9. The molecule has 1 amide bonds. The quantitative estimate of drug-likeness (QED) is 0.778. The third-order valence-corrected chi connectivity index (χ3v) is 3.63. The van der Waals surface area contributed by atoms with E-state index in [4.69, 9.17) is 0 Å². The van der Waals surface area contributed by atoms with Crippen molar-refractivity contribution in [2.45, 2.75) is 53.2 Å². The van der Waals surface area contributed by atoms with E-state index in [1.54, 1.807) is 0 Å². The number of amides is 1. The highest BCUT2D eigenvalue weighted by Crippen LogP contribution is 2.34. The van der Waals surface area contributed by atoms with E-state index >= 15 is 0 Å². The highest BCUT2D eigenvalue weighted by molar-refractivity contribution is 5.78. The molecule has 0 radical (unpaired) electrons. The van der Waals surface area contributed by atoms with Crippen molar-refractivity contribution in [2.75, 3.05) is 19.6 Å². The Balaban J connectivity index is 2.41. The van der Waals surface area contributed by atoms with Crippen molar-refractivity contribution in [2.24, 2.45) is 11.3 Å². The van der Waals surface area contributed by atoms with Gasteiger partial charge in [0.2, 0.25) is 5.91 Å². The second-order valence-corrected chi connectivity index (χ2v) is 6.78. The van der Waals surface area contributed by atoms with E-state index in [2.05, 4.69) is 26.1 Å². The molecule has 106 valence electrons. The van der Waals surface area contributed by atoms with E-state index in [-0.39, 0.29) is 11.3 Å². The first-order valence-corrected chi connectivity index (χ1v) is 6.89. The zero-order valence-corrected chi connectivity index (χ0v) is 12.4. The number of carbonyl (C=O) groups excluding carboxylic acids is 1. The number of hydrogen-bond acceptors (Lipinski definition) is 3. The Bertz CT molecular complexity index is 284. The summed E-state index contributed by atoms with van der Waals surface area (Å²) in [7, 11) is 0. The fourth-order valence-electron chi connectivity index (χ4n) is 2.22. The number of rotatable bonds is 5. The van der Waals surface area contributed by atoms with Gasteiger partial charge in [-0.1, -0.05) is 34.6 Å². The summed E-state index contributed by atoms with van der Waals surface area (Å²) in [4.78, 5) is 13.7. The molecular weight excluding hydrogens is 228 g/mol. The van der Waals surface area contributed by atoms with Crippen molar-refractivity contribution in [3.05, 3.63) is 0 Å². The van der Waals surface area contributed by atoms with Crippen LogP contribution in [0.25, 0.3) is 0 Å². The lowest BCUT2D eigenvalue weighted by Crippen LogP contribution is -2.41. The van der Waals surface area contributed by atoms with Gasteiger partial charge in [-0.25, -0.2) is 0 Å². The van der Waals surface area contributed by atoms with Crippen molar-refractivity contribution in [3.8, 4) is 0 Å². The first-order valence-electron chi connectivity index (χ1n) is 6.89. The molecular formula is C14H28N2O2. The Kier molecular flexibility index (Phi) is 5.17. The van der Waals surface area contributed by atoms with Crippen LogP contribution in [0.3, 0.4) is 0 Å². The van der Waals surface area contributed by atoms with E-state index in [1.165, 1.54) is 0 Å². The molecule has 0 aromatic heterocycles. The molecule has 1 fully saturated rings. The van der Waals surface area contributed by atoms with Crippen LogP contribution in [0.15, 0.2) is 0 Å². The SMILES string of the molecule is CC(C)NCC(O)CN1CC(C(C)(C)C)CC1=O. The van der Waals surface area contributed by atoms with E-state index < -0.39 is 6.10 Å².